The van der Waals surface area contributed by atoms with E-state index in [4.69, 9.17) is 0 Å². The zero-order valence-electron chi connectivity index (χ0n) is 12.6. The Balaban J connectivity index is 1.67. The summed E-state index contributed by atoms with van der Waals surface area (Å²) in [6, 6.07) is 9.41. The van der Waals surface area contributed by atoms with Crippen LogP contribution >= 0.6 is 0 Å². The van der Waals surface area contributed by atoms with Gasteiger partial charge in [0.1, 0.15) is 0 Å². The summed E-state index contributed by atoms with van der Waals surface area (Å²) in [6.07, 6.45) is 1.23. The summed E-state index contributed by atoms with van der Waals surface area (Å²) in [6.45, 7) is 11.7. The molecule has 104 valence electrons. The van der Waals surface area contributed by atoms with Gasteiger partial charge in [-0.15, -0.1) is 0 Å². The Hall–Kier alpha value is -1.02. The molecule has 3 rings (SSSR count). The summed E-state index contributed by atoms with van der Waals surface area (Å²) in [4.78, 5) is 0. The third-order valence-electron chi connectivity index (χ3n) is 5.80. The lowest BCUT2D eigenvalue weighted by atomic mass is 9.91. The van der Waals surface area contributed by atoms with E-state index < -0.39 is 0 Å². The molecule has 0 spiro atoms. The molecule has 1 aliphatic heterocycles. The van der Waals surface area contributed by atoms with Gasteiger partial charge < -0.3 is 10.6 Å². The molecule has 1 aromatic carbocycles. The van der Waals surface area contributed by atoms with Crippen LogP contribution in [0, 0.1) is 10.8 Å². The number of nitrogens with one attached hydrogen (secondary N) is 2. The van der Waals surface area contributed by atoms with Crippen molar-refractivity contribution in [3.8, 4) is 0 Å². The summed E-state index contributed by atoms with van der Waals surface area (Å²) >= 11 is 0. The Labute approximate surface area is 117 Å². The van der Waals surface area contributed by atoms with E-state index in [0.717, 1.165) is 13.1 Å². The predicted octanol–water partition coefficient (Wildman–Crippen LogP) is 3.61. The Kier molecular flexibility index (Phi) is 2.90. The second kappa shape index (κ2) is 4.24. The van der Waals surface area contributed by atoms with E-state index in [-0.39, 0.29) is 0 Å². The van der Waals surface area contributed by atoms with E-state index in [0.29, 0.717) is 22.8 Å². The topological polar surface area (TPSA) is 24.1 Å². The maximum absolute atomic E-state index is 3.82. The fourth-order valence-corrected chi connectivity index (χ4v) is 3.73. The molecule has 1 fully saturated rings. The lowest BCUT2D eigenvalue weighted by molar-refractivity contribution is 0.457. The second-order valence-electron chi connectivity index (χ2n) is 7.28. The normalized spacial score (nSPS) is 27.5. The van der Waals surface area contributed by atoms with E-state index in [1.54, 1.807) is 0 Å². The Morgan fingerprint density at radius 3 is 2.53 bits per heavy atom. The smallest absolute Gasteiger partial charge is 0.0376 e. The molecule has 2 heteroatoms. The van der Waals surface area contributed by atoms with Crippen molar-refractivity contribution in [1.82, 2.24) is 5.32 Å². The highest BCUT2D eigenvalue weighted by molar-refractivity contribution is 5.54. The van der Waals surface area contributed by atoms with Crippen LogP contribution < -0.4 is 10.6 Å². The highest BCUT2D eigenvalue weighted by Gasteiger charge is 2.64. The molecule has 0 radical (unpaired) electrons. The number of para-hydroxylation sites is 1. The molecule has 0 amide bonds. The van der Waals surface area contributed by atoms with Gasteiger partial charge >= 0.3 is 0 Å². The largest absolute Gasteiger partial charge is 0.385 e. The average Bonchev–Trinajstić information content (AvgIpc) is 2.77. The average molecular weight is 258 g/mol. The van der Waals surface area contributed by atoms with Crippen LogP contribution in [0.3, 0.4) is 0 Å². The number of hydrogen-bond donors (Lipinski definition) is 2. The molecule has 1 aromatic rings. The van der Waals surface area contributed by atoms with Crippen LogP contribution in [-0.4, -0.2) is 19.1 Å². The van der Waals surface area contributed by atoms with Gasteiger partial charge in [-0.3, -0.25) is 0 Å². The van der Waals surface area contributed by atoms with Crippen LogP contribution in [0.4, 0.5) is 5.69 Å². The molecule has 0 bridgehead atoms. The first-order valence-electron chi connectivity index (χ1n) is 7.51. The summed E-state index contributed by atoms with van der Waals surface area (Å²) in [5.41, 5.74) is 3.67. The minimum Gasteiger partial charge on any atom is -0.385 e. The lowest BCUT2D eigenvalue weighted by Gasteiger charge is -2.27. The minimum atomic E-state index is 0.430. The highest BCUT2D eigenvalue weighted by atomic mass is 15.0. The third-order valence-corrected chi connectivity index (χ3v) is 5.80. The van der Waals surface area contributed by atoms with Gasteiger partial charge in [-0.05, 0) is 28.9 Å². The lowest BCUT2D eigenvalue weighted by Crippen LogP contribution is -2.30. The maximum Gasteiger partial charge on any atom is 0.0376 e. The minimum absolute atomic E-state index is 0.430. The molecule has 1 unspecified atom stereocenters. The quantitative estimate of drug-likeness (QED) is 0.865. The van der Waals surface area contributed by atoms with Crippen LogP contribution in [0.1, 0.15) is 45.6 Å². The zero-order chi connectivity index (χ0) is 13.7. The first-order valence-corrected chi connectivity index (χ1v) is 7.51. The number of rotatable bonds is 3. The van der Waals surface area contributed by atoms with Gasteiger partial charge in [0.25, 0.3) is 0 Å². The molecule has 2 nitrogen and oxygen atoms in total. The summed E-state index contributed by atoms with van der Waals surface area (Å²) in [5.74, 6) is 0.657. The van der Waals surface area contributed by atoms with Crippen molar-refractivity contribution >= 4 is 5.69 Å². The Morgan fingerprint density at radius 2 is 1.84 bits per heavy atom. The number of benzene rings is 1. The zero-order valence-corrected chi connectivity index (χ0v) is 12.6. The van der Waals surface area contributed by atoms with Gasteiger partial charge in [-0.25, -0.2) is 0 Å². The summed E-state index contributed by atoms with van der Waals surface area (Å²) in [7, 11) is 0. The molecule has 0 saturated heterocycles. The van der Waals surface area contributed by atoms with Gasteiger partial charge in [-0.1, -0.05) is 45.9 Å². The van der Waals surface area contributed by atoms with E-state index in [1.165, 1.54) is 17.7 Å². The van der Waals surface area contributed by atoms with E-state index >= 15 is 0 Å². The molecule has 2 N–H and O–H groups in total. The molecule has 2 aliphatic rings. The van der Waals surface area contributed by atoms with Gasteiger partial charge in [0.05, 0.1) is 0 Å². The third kappa shape index (κ3) is 1.97. The van der Waals surface area contributed by atoms with Crippen molar-refractivity contribution in [1.29, 1.82) is 0 Å². The van der Waals surface area contributed by atoms with Crippen LogP contribution in [0.5, 0.6) is 0 Å². The fourth-order valence-electron chi connectivity index (χ4n) is 3.73. The van der Waals surface area contributed by atoms with Crippen LogP contribution in [0.15, 0.2) is 24.3 Å². The monoisotopic (exact) mass is 258 g/mol. The van der Waals surface area contributed by atoms with Crippen molar-refractivity contribution < 1.29 is 0 Å². The maximum atomic E-state index is 3.82. The van der Waals surface area contributed by atoms with Crippen molar-refractivity contribution in [2.24, 2.45) is 10.8 Å². The Bertz CT molecular complexity index is 462. The number of fused-ring (bicyclic) bond motifs is 1. The molecule has 19 heavy (non-hydrogen) atoms. The summed E-state index contributed by atoms with van der Waals surface area (Å²) < 4.78 is 0. The van der Waals surface area contributed by atoms with Crippen LogP contribution in [0.2, 0.25) is 0 Å². The number of anilines is 1. The van der Waals surface area contributed by atoms with Crippen molar-refractivity contribution in [2.45, 2.75) is 46.1 Å². The van der Waals surface area contributed by atoms with Gasteiger partial charge in [0, 0.05) is 30.7 Å². The van der Waals surface area contributed by atoms with Crippen molar-refractivity contribution in [3.63, 3.8) is 0 Å². The fraction of sp³-hybridized carbons (Fsp3) is 0.647. The van der Waals surface area contributed by atoms with Gasteiger partial charge in [0.15, 0.2) is 0 Å². The SMILES string of the molecule is CC1(C)C(NCC2CCNc3ccccc32)C1(C)C. The Morgan fingerprint density at radius 1 is 1.16 bits per heavy atom. The van der Waals surface area contributed by atoms with Crippen LogP contribution in [-0.2, 0) is 0 Å². The summed E-state index contributed by atoms with van der Waals surface area (Å²) in [5, 5.41) is 7.32. The molecule has 1 heterocycles. The molecular formula is C17H26N2. The highest BCUT2D eigenvalue weighted by Crippen LogP contribution is 2.62. The van der Waals surface area contributed by atoms with E-state index in [2.05, 4.69) is 62.6 Å². The predicted molar refractivity (Wildman–Crippen MR) is 81.6 cm³/mol. The van der Waals surface area contributed by atoms with Crippen molar-refractivity contribution in [2.75, 3.05) is 18.4 Å². The first-order chi connectivity index (χ1) is 8.94. The van der Waals surface area contributed by atoms with Gasteiger partial charge in [-0.2, -0.15) is 0 Å². The molecule has 1 atom stereocenters. The molecule has 0 aromatic heterocycles. The molecule has 1 aliphatic carbocycles. The van der Waals surface area contributed by atoms with E-state index in [9.17, 15) is 0 Å². The first kappa shape index (κ1) is 13.0. The molecular weight excluding hydrogens is 232 g/mol. The molecule has 1 saturated carbocycles. The van der Waals surface area contributed by atoms with Crippen LogP contribution in [0.25, 0.3) is 0 Å². The van der Waals surface area contributed by atoms with E-state index in [1.807, 2.05) is 0 Å². The second-order valence-corrected chi connectivity index (χ2v) is 7.28. The number of hydrogen-bond acceptors (Lipinski definition) is 2. The standard InChI is InChI=1S/C17H26N2/c1-16(2)15(17(16,3)4)19-11-12-9-10-18-14-8-6-5-7-13(12)14/h5-8,12,15,18-19H,9-11H2,1-4H3. The van der Waals surface area contributed by atoms with Gasteiger partial charge in [0.2, 0.25) is 0 Å². The van der Waals surface area contributed by atoms with Crippen molar-refractivity contribution in [3.05, 3.63) is 29.8 Å².